The van der Waals surface area contributed by atoms with Crippen molar-refractivity contribution in [2.24, 2.45) is 4.99 Å². The largest absolute Gasteiger partial charge is 0.411 e. The Kier molecular flexibility index (Phi) is 7.60. The van der Waals surface area contributed by atoms with E-state index in [9.17, 15) is 13.2 Å². The second-order valence-corrected chi connectivity index (χ2v) is 5.97. The Morgan fingerprint density at radius 2 is 1.74 bits per heavy atom. The van der Waals surface area contributed by atoms with E-state index in [0.717, 1.165) is 16.8 Å². The van der Waals surface area contributed by atoms with E-state index in [-0.39, 0.29) is 6.61 Å². The lowest BCUT2D eigenvalue weighted by Gasteiger charge is -2.13. The van der Waals surface area contributed by atoms with Gasteiger partial charge in [-0.2, -0.15) is 13.2 Å². The number of nitrogens with one attached hydrogen (secondary N) is 2. The Bertz CT molecular complexity index is 745. The maximum absolute atomic E-state index is 12.1. The van der Waals surface area contributed by atoms with Gasteiger partial charge in [-0.05, 0) is 29.7 Å². The molecule has 0 spiro atoms. The quantitative estimate of drug-likeness (QED) is 0.571. The molecule has 8 heteroatoms. The second kappa shape index (κ2) is 9.91. The Labute approximate surface area is 156 Å². The molecule has 0 unspecified atom stereocenters. The lowest BCUT2D eigenvalue weighted by Crippen LogP contribution is -2.36. The summed E-state index contributed by atoms with van der Waals surface area (Å²) in [5.41, 5.74) is 3.72. The summed E-state index contributed by atoms with van der Waals surface area (Å²) in [7, 11) is 1.68. The number of aromatic nitrogens is 1. The molecule has 2 rings (SSSR count). The standard InChI is InChI=1S/C19H23F3N4O/c1-14-4-3-9-24-17(14)11-26-18(23-2)25-10-15-5-7-16(8-6-15)12-27-13-19(20,21)22/h3-9H,10-13H2,1-2H3,(H2,23,25,26). The first-order valence-corrected chi connectivity index (χ1v) is 8.44. The van der Waals surface area contributed by atoms with E-state index in [4.69, 9.17) is 0 Å². The van der Waals surface area contributed by atoms with Crippen molar-refractivity contribution >= 4 is 5.96 Å². The summed E-state index contributed by atoms with van der Waals surface area (Å²) in [6, 6.07) is 11.1. The number of ether oxygens (including phenoxy) is 1. The molecule has 27 heavy (non-hydrogen) atoms. The Morgan fingerprint density at radius 3 is 2.37 bits per heavy atom. The van der Waals surface area contributed by atoms with Gasteiger partial charge in [-0.1, -0.05) is 30.3 Å². The fourth-order valence-corrected chi connectivity index (χ4v) is 2.32. The SMILES string of the molecule is CN=C(NCc1ccc(COCC(F)(F)F)cc1)NCc1ncccc1C. The molecule has 0 atom stereocenters. The highest BCUT2D eigenvalue weighted by Gasteiger charge is 2.27. The summed E-state index contributed by atoms with van der Waals surface area (Å²) in [6.45, 7) is 1.78. The summed E-state index contributed by atoms with van der Waals surface area (Å²) < 4.78 is 40.9. The number of guanidine groups is 1. The van der Waals surface area contributed by atoms with Crippen LogP contribution in [0.15, 0.2) is 47.6 Å². The molecule has 0 aliphatic rings. The smallest absolute Gasteiger partial charge is 0.367 e. The van der Waals surface area contributed by atoms with E-state index in [2.05, 4.69) is 25.3 Å². The first-order chi connectivity index (χ1) is 12.9. The van der Waals surface area contributed by atoms with Crippen LogP contribution in [0.3, 0.4) is 0 Å². The summed E-state index contributed by atoms with van der Waals surface area (Å²) in [4.78, 5) is 8.49. The molecule has 0 bridgehead atoms. The van der Waals surface area contributed by atoms with E-state index in [1.807, 2.05) is 31.2 Å². The van der Waals surface area contributed by atoms with Crippen LogP contribution in [0.25, 0.3) is 0 Å². The van der Waals surface area contributed by atoms with Crippen LogP contribution in [0.2, 0.25) is 0 Å². The first kappa shape index (κ1) is 20.7. The van der Waals surface area contributed by atoms with Crippen LogP contribution < -0.4 is 10.6 Å². The average molecular weight is 380 g/mol. The highest BCUT2D eigenvalue weighted by Crippen LogP contribution is 2.15. The summed E-state index contributed by atoms with van der Waals surface area (Å²) in [5.74, 6) is 0.637. The van der Waals surface area contributed by atoms with Gasteiger partial charge in [0.2, 0.25) is 0 Å². The van der Waals surface area contributed by atoms with Crippen LogP contribution in [0.5, 0.6) is 0 Å². The van der Waals surface area contributed by atoms with Crippen molar-refractivity contribution in [3.05, 3.63) is 65.0 Å². The predicted octanol–water partition coefficient (Wildman–Crippen LogP) is 3.33. The van der Waals surface area contributed by atoms with E-state index in [1.54, 1.807) is 25.4 Å². The number of rotatable bonds is 7. The lowest BCUT2D eigenvalue weighted by atomic mass is 10.1. The van der Waals surface area contributed by atoms with Gasteiger partial charge < -0.3 is 15.4 Å². The van der Waals surface area contributed by atoms with E-state index >= 15 is 0 Å². The van der Waals surface area contributed by atoms with Crippen LogP contribution in [0.4, 0.5) is 13.2 Å². The Balaban J connectivity index is 1.78. The second-order valence-electron chi connectivity index (χ2n) is 5.97. The van der Waals surface area contributed by atoms with Gasteiger partial charge >= 0.3 is 6.18 Å². The molecular formula is C19H23F3N4O. The van der Waals surface area contributed by atoms with Crippen molar-refractivity contribution < 1.29 is 17.9 Å². The monoisotopic (exact) mass is 380 g/mol. The zero-order valence-electron chi connectivity index (χ0n) is 15.3. The molecule has 5 nitrogen and oxygen atoms in total. The van der Waals surface area contributed by atoms with Crippen molar-refractivity contribution in [3.8, 4) is 0 Å². The van der Waals surface area contributed by atoms with Crippen molar-refractivity contribution in [1.82, 2.24) is 15.6 Å². The fourth-order valence-electron chi connectivity index (χ4n) is 2.32. The molecule has 0 amide bonds. The maximum Gasteiger partial charge on any atom is 0.411 e. The Morgan fingerprint density at radius 1 is 1.07 bits per heavy atom. The highest BCUT2D eigenvalue weighted by molar-refractivity contribution is 5.79. The van der Waals surface area contributed by atoms with Crippen molar-refractivity contribution in [2.45, 2.75) is 32.8 Å². The van der Waals surface area contributed by atoms with E-state index in [1.165, 1.54) is 0 Å². The molecular weight excluding hydrogens is 357 g/mol. The summed E-state index contributed by atoms with van der Waals surface area (Å²) in [6.07, 6.45) is -2.55. The minimum absolute atomic E-state index is 0.0696. The third-order valence-corrected chi connectivity index (χ3v) is 3.78. The molecule has 0 saturated heterocycles. The Hall–Kier alpha value is -2.61. The third kappa shape index (κ3) is 7.65. The molecule has 1 aromatic carbocycles. The number of aryl methyl sites for hydroxylation is 1. The summed E-state index contributed by atoms with van der Waals surface area (Å²) in [5, 5.41) is 6.39. The molecule has 2 aromatic rings. The normalized spacial score (nSPS) is 12.1. The van der Waals surface area contributed by atoms with E-state index < -0.39 is 12.8 Å². The number of aliphatic imine (C=N–C) groups is 1. The number of benzene rings is 1. The number of hydrogen-bond donors (Lipinski definition) is 2. The van der Waals surface area contributed by atoms with Crippen molar-refractivity contribution in [1.29, 1.82) is 0 Å². The number of halogens is 3. The molecule has 0 aliphatic carbocycles. The number of pyridine rings is 1. The van der Waals surface area contributed by atoms with Gasteiger partial charge in [0, 0.05) is 19.8 Å². The molecule has 1 heterocycles. The van der Waals surface area contributed by atoms with Crippen LogP contribution >= 0.6 is 0 Å². The highest BCUT2D eigenvalue weighted by atomic mass is 19.4. The molecule has 1 aromatic heterocycles. The van der Waals surface area contributed by atoms with Gasteiger partial charge in [0.25, 0.3) is 0 Å². The molecule has 0 fully saturated rings. The van der Waals surface area contributed by atoms with Gasteiger partial charge in [-0.15, -0.1) is 0 Å². The van der Waals surface area contributed by atoms with Crippen LogP contribution in [0.1, 0.15) is 22.4 Å². The van der Waals surface area contributed by atoms with Gasteiger partial charge in [0.05, 0.1) is 18.8 Å². The molecule has 0 radical (unpaired) electrons. The first-order valence-electron chi connectivity index (χ1n) is 8.44. The maximum atomic E-state index is 12.1. The predicted molar refractivity (Wildman–Crippen MR) is 98.2 cm³/mol. The van der Waals surface area contributed by atoms with Crippen LogP contribution in [0, 0.1) is 6.92 Å². The van der Waals surface area contributed by atoms with Crippen molar-refractivity contribution in [3.63, 3.8) is 0 Å². The average Bonchev–Trinajstić information content (AvgIpc) is 2.63. The zero-order valence-corrected chi connectivity index (χ0v) is 15.3. The summed E-state index contributed by atoms with van der Waals surface area (Å²) >= 11 is 0. The minimum atomic E-state index is -4.31. The van der Waals surface area contributed by atoms with E-state index in [0.29, 0.717) is 24.6 Å². The molecule has 0 aliphatic heterocycles. The number of hydrogen-bond acceptors (Lipinski definition) is 3. The molecule has 0 saturated carbocycles. The number of nitrogens with zero attached hydrogens (tertiary/aromatic N) is 2. The van der Waals surface area contributed by atoms with Crippen molar-refractivity contribution in [2.75, 3.05) is 13.7 Å². The van der Waals surface area contributed by atoms with Gasteiger partial charge in [-0.25, -0.2) is 0 Å². The topological polar surface area (TPSA) is 58.5 Å². The lowest BCUT2D eigenvalue weighted by molar-refractivity contribution is -0.176. The fraction of sp³-hybridized carbons (Fsp3) is 0.368. The third-order valence-electron chi connectivity index (χ3n) is 3.78. The van der Waals surface area contributed by atoms with Crippen LogP contribution in [-0.4, -0.2) is 30.8 Å². The number of alkyl halides is 3. The van der Waals surface area contributed by atoms with Gasteiger partial charge in [0.15, 0.2) is 5.96 Å². The zero-order chi connectivity index (χ0) is 19.7. The minimum Gasteiger partial charge on any atom is -0.367 e. The van der Waals surface area contributed by atoms with Gasteiger partial charge in [-0.3, -0.25) is 9.98 Å². The molecule has 2 N–H and O–H groups in total. The van der Waals surface area contributed by atoms with Gasteiger partial charge in [0.1, 0.15) is 6.61 Å². The molecule has 146 valence electrons. The van der Waals surface area contributed by atoms with Crippen LogP contribution in [-0.2, 0) is 24.4 Å².